The molecule has 0 spiro atoms. The number of hydrogen-bond donors (Lipinski definition) is 2. The van der Waals surface area contributed by atoms with Crippen molar-refractivity contribution in [3.8, 4) is 0 Å². The van der Waals surface area contributed by atoms with Crippen LogP contribution in [0.3, 0.4) is 0 Å². The molecule has 1 saturated carbocycles. The van der Waals surface area contributed by atoms with Crippen LogP contribution in [0.25, 0.3) is 0 Å². The summed E-state index contributed by atoms with van der Waals surface area (Å²) in [6, 6.07) is 0.185. The van der Waals surface area contributed by atoms with E-state index in [2.05, 4.69) is 19.2 Å². The first-order valence-electron chi connectivity index (χ1n) is 6.09. The van der Waals surface area contributed by atoms with Crippen LogP contribution in [0, 0.1) is 11.3 Å². The van der Waals surface area contributed by atoms with E-state index in [1.54, 1.807) is 0 Å². The van der Waals surface area contributed by atoms with Gasteiger partial charge >= 0.3 is 0 Å². The minimum Gasteiger partial charge on any atom is -0.377 e. The van der Waals surface area contributed by atoms with Crippen LogP contribution in [0.4, 0.5) is 0 Å². The number of ether oxygens (including phenoxy) is 1. The Morgan fingerprint density at radius 3 is 2.94 bits per heavy atom. The van der Waals surface area contributed by atoms with Crippen molar-refractivity contribution < 1.29 is 9.53 Å². The predicted octanol–water partition coefficient (Wildman–Crippen LogP) is 0.653. The minimum atomic E-state index is -0.0705. The number of nitrogens with two attached hydrogens (primary N) is 1. The van der Waals surface area contributed by atoms with E-state index >= 15 is 0 Å². The maximum absolute atomic E-state index is 11.7. The summed E-state index contributed by atoms with van der Waals surface area (Å²) in [5, 5.41) is 3.11. The van der Waals surface area contributed by atoms with Crippen LogP contribution < -0.4 is 11.1 Å². The van der Waals surface area contributed by atoms with Gasteiger partial charge in [0.05, 0.1) is 6.10 Å². The largest absolute Gasteiger partial charge is 0.377 e. The molecule has 0 bridgehead atoms. The normalized spacial score (nSPS) is 37.4. The zero-order valence-electron chi connectivity index (χ0n) is 10.3. The van der Waals surface area contributed by atoms with E-state index in [1.165, 1.54) is 0 Å². The Hall–Kier alpha value is -0.610. The van der Waals surface area contributed by atoms with Crippen LogP contribution in [0.1, 0.15) is 33.6 Å². The van der Waals surface area contributed by atoms with E-state index in [0.29, 0.717) is 18.4 Å². The summed E-state index contributed by atoms with van der Waals surface area (Å²) < 4.78 is 5.68. The lowest BCUT2D eigenvalue weighted by molar-refractivity contribution is -0.138. The first-order chi connectivity index (χ1) is 7.43. The van der Waals surface area contributed by atoms with E-state index < -0.39 is 0 Å². The quantitative estimate of drug-likeness (QED) is 0.743. The van der Waals surface area contributed by atoms with Gasteiger partial charge in [0, 0.05) is 36.4 Å². The van der Waals surface area contributed by atoms with Crippen molar-refractivity contribution in [3.05, 3.63) is 0 Å². The van der Waals surface area contributed by atoms with Crippen LogP contribution in [0.2, 0.25) is 0 Å². The Morgan fingerprint density at radius 1 is 1.62 bits per heavy atom. The van der Waals surface area contributed by atoms with Gasteiger partial charge in [0.15, 0.2) is 0 Å². The molecular weight excluding hydrogens is 204 g/mol. The molecule has 1 aliphatic carbocycles. The Morgan fingerprint density at radius 2 is 2.31 bits per heavy atom. The molecule has 2 rings (SSSR count). The third-order valence-electron chi connectivity index (χ3n) is 3.92. The molecule has 0 aromatic carbocycles. The van der Waals surface area contributed by atoms with Crippen LogP contribution in [-0.2, 0) is 9.53 Å². The van der Waals surface area contributed by atoms with E-state index in [4.69, 9.17) is 10.5 Å². The topological polar surface area (TPSA) is 64.4 Å². The first kappa shape index (κ1) is 11.9. The monoisotopic (exact) mass is 226 g/mol. The van der Waals surface area contributed by atoms with Crippen molar-refractivity contribution in [3.63, 3.8) is 0 Å². The molecule has 0 aromatic rings. The molecular formula is C12H22N2O2. The second-order valence-electron chi connectivity index (χ2n) is 5.79. The summed E-state index contributed by atoms with van der Waals surface area (Å²) >= 11 is 0. The molecule has 1 heterocycles. The number of nitrogens with one attached hydrogen (secondary N) is 1. The maximum Gasteiger partial charge on any atom is 0.221 e. The molecule has 4 heteroatoms. The zero-order chi connectivity index (χ0) is 11.9. The summed E-state index contributed by atoms with van der Waals surface area (Å²) in [5.74, 6) is 0.574. The van der Waals surface area contributed by atoms with E-state index in [-0.39, 0.29) is 23.4 Å². The van der Waals surface area contributed by atoms with Gasteiger partial charge < -0.3 is 15.8 Å². The third kappa shape index (κ3) is 1.84. The maximum atomic E-state index is 11.7. The Balaban J connectivity index is 1.92. The lowest BCUT2D eigenvalue weighted by Gasteiger charge is -2.54. The molecule has 2 aliphatic rings. The van der Waals surface area contributed by atoms with Crippen LogP contribution in [0.5, 0.6) is 0 Å². The van der Waals surface area contributed by atoms with Gasteiger partial charge in [0.2, 0.25) is 5.91 Å². The van der Waals surface area contributed by atoms with Crippen molar-refractivity contribution in [2.45, 2.75) is 51.8 Å². The molecule has 1 amide bonds. The number of carbonyl (C=O) groups excluding carboxylic acids is 1. The summed E-state index contributed by atoms with van der Waals surface area (Å²) in [5.41, 5.74) is 5.68. The lowest BCUT2D eigenvalue weighted by Crippen LogP contribution is -2.66. The molecule has 0 aromatic heterocycles. The Kier molecular flexibility index (Phi) is 2.97. The third-order valence-corrected chi connectivity index (χ3v) is 3.92. The number of rotatable bonds is 3. The van der Waals surface area contributed by atoms with Crippen molar-refractivity contribution in [2.24, 2.45) is 17.1 Å². The Labute approximate surface area is 96.9 Å². The molecule has 16 heavy (non-hydrogen) atoms. The van der Waals surface area contributed by atoms with Gasteiger partial charge in [-0.05, 0) is 13.3 Å². The summed E-state index contributed by atoms with van der Waals surface area (Å²) in [7, 11) is 0. The highest BCUT2D eigenvalue weighted by Gasteiger charge is 2.59. The van der Waals surface area contributed by atoms with Crippen LogP contribution in [0.15, 0.2) is 0 Å². The first-order valence-corrected chi connectivity index (χ1v) is 6.09. The molecule has 1 saturated heterocycles. The Bertz CT molecular complexity index is 289. The summed E-state index contributed by atoms with van der Waals surface area (Å²) in [4.78, 5) is 11.7. The van der Waals surface area contributed by atoms with E-state index in [0.717, 1.165) is 13.0 Å². The predicted molar refractivity (Wildman–Crippen MR) is 61.8 cm³/mol. The van der Waals surface area contributed by atoms with Gasteiger partial charge in [0.1, 0.15) is 0 Å². The van der Waals surface area contributed by atoms with Gasteiger partial charge in [-0.1, -0.05) is 13.8 Å². The highest BCUT2D eigenvalue weighted by atomic mass is 16.5. The number of fused-ring (bicyclic) bond motifs is 1. The van der Waals surface area contributed by atoms with Crippen molar-refractivity contribution in [1.29, 1.82) is 0 Å². The van der Waals surface area contributed by atoms with Crippen molar-refractivity contribution in [1.82, 2.24) is 5.32 Å². The highest BCUT2D eigenvalue weighted by Crippen LogP contribution is 2.52. The molecule has 2 fully saturated rings. The molecule has 0 radical (unpaired) electrons. The molecule has 4 nitrogen and oxygen atoms in total. The molecule has 4 unspecified atom stereocenters. The summed E-state index contributed by atoms with van der Waals surface area (Å²) in [6.07, 6.45) is 1.80. The fraction of sp³-hybridized carbons (Fsp3) is 0.917. The average molecular weight is 226 g/mol. The average Bonchev–Trinajstić information content (AvgIpc) is 2.59. The fourth-order valence-electron chi connectivity index (χ4n) is 3.14. The molecule has 3 N–H and O–H groups in total. The summed E-state index contributed by atoms with van der Waals surface area (Å²) in [6.45, 7) is 7.01. The smallest absolute Gasteiger partial charge is 0.221 e. The second-order valence-corrected chi connectivity index (χ2v) is 5.79. The SMILES string of the molecule is CC(N)CC(=O)NC1C2CCOC2C1(C)C. The number of carbonyl (C=O) groups is 1. The van der Waals surface area contributed by atoms with Crippen molar-refractivity contribution in [2.75, 3.05) is 6.61 Å². The second kappa shape index (κ2) is 4.00. The number of amides is 1. The molecule has 1 aliphatic heterocycles. The molecule has 4 atom stereocenters. The van der Waals surface area contributed by atoms with Crippen LogP contribution >= 0.6 is 0 Å². The van der Waals surface area contributed by atoms with Gasteiger partial charge in [-0.2, -0.15) is 0 Å². The van der Waals surface area contributed by atoms with Gasteiger partial charge in [-0.3, -0.25) is 4.79 Å². The van der Waals surface area contributed by atoms with Crippen molar-refractivity contribution >= 4 is 5.91 Å². The highest BCUT2D eigenvalue weighted by molar-refractivity contribution is 5.77. The van der Waals surface area contributed by atoms with Gasteiger partial charge in [-0.15, -0.1) is 0 Å². The van der Waals surface area contributed by atoms with E-state index in [1.807, 2.05) is 6.92 Å². The standard InChI is InChI=1S/C12H22N2O2/c1-7(13)6-9(15)14-10-8-4-5-16-11(8)12(10,2)3/h7-8,10-11H,4-6,13H2,1-3H3,(H,14,15). The minimum absolute atomic E-state index is 0.0642. The van der Waals surface area contributed by atoms with Crippen LogP contribution in [-0.4, -0.2) is 30.7 Å². The zero-order valence-corrected chi connectivity index (χ0v) is 10.3. The lowest BCUT2D eigenvalue weighted by atomic mass is 9.57. The molecule has 92 valence electrons. The van der Waals surface area contributed by atoms with Gasteiger partial charge in [-0.25, -0.2) is 0 Å². The fourth-order valence-corrected chi connectivity index (χ4v) is 3.14. The van der Waals surface area contributed by atoms with Gasteiger partial charge in [0.25, 0.3) is 0 Å². The van der Waals surface area contributed by atoms with E-state index in [9.17, 15) is 4.79 Å². The number of hydrogen-bond acceptors (Lipinski definition) is 3.